The summed E-state index contributed by atoms with van der Waals surface area (Å²) in [7, 11) is 4.92. The van der Waals surface area contributed by atoms with Crippen LogP contribution in [0.2, 0.25) is 0 Å². The van der Waals surface area contributed by atoms with Crippen molar-refractivity contribution in [1.29, 1.82) is 0 Å². The lowest BCUT2D eigenvalue weighted by Crippen LogP contribution is -2.44. The van der Waals surface area contributed by atoms with E-state index in [-0.39, 0.29) is 24.8 Å². The molecule has 0 aliphatic carbocycles. The van der Waals surface area contributed by atoms with E-state index in [4.69, 9.17) is 9.47 Å². The lowest BCUT2D eigenvalue weighted by molar-refractivity contribution is -0.127. The Morgan fingerprint density at radius 3 is 2.47 bits per heavy atom. The number of hydrogen-bond donors (Lipinski definition) is 2. The maximum atomic E-state index is 13.6. The fourth-order valence-corrected chi connectivity index (χ4v) is 2.32. The first-order valence-electron chi connectivity index (χ1n) is 9.32. The largest absolute Gasteiger partial charge is 0.497 e. The fraction of sp³-hybridized carbons (Fsp3) is 0.333. The molecule has 0 heterocycles. The van der Waals surface area contributed by atoms with Crippen molar-refractivity contribution in [2.45, 2.75) is 6.54 Å². The van der Waals surface area contributed by atoms with Crippen molar-refractivity contribution in [3.8, 4) is 11.5 Å². The van der Waals surface area contributed by atoms with Gasteiger partial charge < -0.3 is 25.0 Å². The minimum atomic E-state index is -0.766. The van der Waals surface area contributed by atoms with Crippen LogP contribution in [0.5, 0.6) is 11.5 Å². The normalized spacial score (nSPS) is 11.0. The number of benzene rings is 2. The molecule has 0 unspecified atom stereocenters. The number of likely N-dealkylation sites (N-methyl/N-ethyl adjacent to an activating group) is 1. The maximum Gasteiger partial charge on any atom is 0.241 e. The quantitative estimate of drug-likeness (QED) is 0.370. The van der Waals surface area contributed by atoms with Crippen LogP contribution >= 0.6 is 0 Å². The number of guanidine groups is 1. The van der Waals surface area contributed by atoms with Gasteiger partial charge in [-0.15, -0.1) is 0 Å². The lowest BCUT2D eigenvalue weighted by Gasteiger charge is -2.15. The Balaban J connectivity index is 1.92. The summed E-state index contributed by atoms with van der Waals surface area (Å²) >= 11 is 0. The summed E-state index contributed by atoms with van der Waals surface area (Å²) in [5.74, 6) is -0.423. The average Bonchev–Trinajstić information content (AvgIpc) is 2.73. The van der Waals surface area contributed by atoms with Crippen molar-refractivity contribution in [3.05, 3.63) is 59.7 Å². The van der Waals surface area contributed by atoms with Crippen LogP contribution in [0.4, 0.5) is 8.78 Å². The van der Waals surface area contributed by atoms with Gasteiger partial charge in [0.15, 0.2) is 17.5 Å². The zero-order valence-electron chi connectivity index (χ0n) is 17.2. The van der Waals surface area contributed by atoms with E-state index in [0.29, 0.717) is 19.0 Å². The molecule has 2 rings (SSSR count). The Bertz CT molecular complexity index is 858. The van der Waals surface area contributed by atoms with Crippen molar-refractivity contribution in [1.82, 2.24) is 15.5 Å². The highest BCUT2D eigenvalue weighted by molar-refractivity contribution is 5.86. The van der Waals surface area contributed by atoms with Gasteiger partial charge in [-0.25, -0.2) is 13.8 Å². The first kappa shape index (κ1) is 22.9. The highest BCUT2D eigenvalue weighted by Crippen LogP contribution is 2.17. The molecule has 1 amide bonds. The zero-order valence-corrected chi connectivity index (χ0v) is 17.2. The van der Waals surface area contributed by atoms with Crippen LogP contribution in [0.1, 0.15) is 5.56 Å². The molecule has 0 saturated carbocycles. The van der Waals surface area contributed by atoms with Crippen LogP contribution in [-0.4, -0.2) is 57.7 Å². The molecule has 0 aliphatic heterocycles. The van der Waals surface area contributed by atoms with E-state index in [0.717, 1.165) is 23.4 Å². The van der Waals surface area contributed by atoms with Crippen LogP contribution in [0, 0.1) is 11.6 Å². The Morgan fingerprint density at radius 2 is 1.83 bits per heavy atom. The number of rotatable bonds is 9. The first-order chi connectivity index (χ1) is 14.4. The Labute approximate surface area is 174 Å². The summed E-state index contributed by atoms with van der Waals surface area (Å²) in [4.78, 5) is 17.8. The molecular formula is C21H26F2N4O3. The molecule has 30 heavy (non-hydrogen) atoms. The molecule has 0 aliphatic rings. The molecule has 0 aromatic heterocycles. The van der Waals surface area contributed by atoms with Gasteiger partial charge in [0.1, 0.15) is 18.2 Å². The van der Waals surface area contributed by atoms with E-state index in [1.807, 2.05) is 24.3 Å². The molecule has 9 heteroatoms. The van der Waals surface area contributed by atoms with E-state index in [2.05, 4.69) is 15.6 Å². The third-order valence-corrected chi connectivity index (χ3v) is 4.03. The SMILES string of the molecule is COc1ccc(CN=C(NCCOc2ccc(F)cc2F)NCC(=O)N(C)C)cc1. The zero-order chi connectivity index (χ0) is 21.9. The Kier molecular flexibility index (Phi) is 8.86. The Morgan fingerprint density at radius 1 is 1.10 bits per heavy atom. The highest BCUT2D eigenvalue weighted by atomic mass is 19.1. The second kappa shape index (κ2) is 11.6. The minimum absolute atomic E-state index is 0.0364. The van der Waals surface area contributed by atoms with Crippen molar-refractivity contribution < 1.29 is 23.0 Å². The number of hydrogen-bond acceptors (Lipinski definition) is 4. The monoisotopic (exact) mass is 420 g/mol. The van der Waals surface area contributed by atoms with Gasteiger partial charge in [0, 0.05) is 20.2 Å². The number of ether oxygens (including phenoxy) is 2. The molecule has 0 spiro atoms. The molecule has 2 N–H and O–H groups in total. The average molecular weight is 420 g/mol. The summed E-state index contributed by atoms with van der Waals surface area (Å²) in [6, 6.07) is 10.6. The molecule has 2 aromatic carbocycles. The number of halogens is 2. The summed E-state index contributed by atoms with van der Waals surface area (Å²) < 4.78 is 37.0. The van der Waals surface area contributed by atoms with E-state index in [1.54, 1.807) is 21.2 Å². The summed E-state index contributed by atoms with van der Waals surface area (Å²) in [6.45, 7) is 0.854. The van der Waals surface area contributed by atoms with Crippen LogP contribution < -0.4 is 20.1 Å². The van der Waals surface area contributed by atoms with Crippen molar-refractivity contribution >= 4 is 11.9 Å². The molecule has 162 valence electrons. The van der Waals surface area contributed by atoms with Crippen LogP contribution in [0.3, 0.4) is 0 Å². The van der Waals surface area contributed by atoms with Crippen molar-refractivity contribution in [2.75, 3.05) is 40.9 Å². The van der Waals surface area contributed by atoms with Gasteiger partial charge in [-0.3, -0.25) is 4.79 Å². The second-order valence-electron chi connectivity index (χ2n) is 6.50. The van der Waals surface area contributed by atoms with Crippen LogP contribution in [0.15, 0.2) is 47.5 Å². The van der Waals surface area contributed by atoms with Gasteiger partial charge in [-0.1, -0.05) is 12.1 Å². The van der Waals surface area contributed by atoms with Crippen molar-refractivity contribution in [2.24, 2.45) is 4.99 Å². The van der Waals surface area contributed by atoms with E-state index >= 15 is 0 Å². The van der Waals surface area contributed by atoms with Crippen LogP contribution in [-0.2, 0) is 11.3 Å². The van der Waals surface area contributed by atoms with Gasteiger partial charge >= 0.3 is 0 Å². The lowest BCUT2D eigenvalue weighted by atomic mass is 10.2. The first-order valence-corrected chi connectivity index (χ1v) is 9.32. The number of aliphatic imine (C=N–C) groups is 1. The van der Waals surface area contributed by atoms with Crippen LogP contribution in [0.25, 0.3) is 0 Å². The molecule has 0 atom stereocenters. The van der Waals surface area contributed by atoms with Gasteiger partial charge in [0.05, 0.1) is 26.7 Å². The number of nitrogens with zero attached hydrogens (tertiary/aromatic N) is 2. The number of carbonyl (C=O) groups is 1. The smallest absolute Gasteiger partial charge is 0.241 e. The second-order valence-corrected chi connectivity index (χ2v) is 6.50. The molecular weight excluding hydrogens is 394 g/mol. The molecule has 0 bridgehead atoms. The molecule has 0 saturated heterocycles. The number of methoxy groups -OCH3 is 1. The summed E-state index contributed by atoms with van der Waals surface area (Å²) in [5, 5.41) is 5.98. The minimum Gasteiger partial charge on any atom is -0.497 e. The summed E-state index contributed by atoms with van der Waals surface area (Å²) in [6.07, 6.45) is 0. The van der Waals surface area contributed by atoms with E-state index in [1.165, 1.54) is 11.0 Å². The Hall–Kier alpha value is -3.36. The standard InChI is InChI=1S/C21H26F2N4O3/c1-27(2)20(28)14-26-21(25-13-15-4-7-17(29-3)8-5-15)24-10-11-30-19-9-6-16(22)12-18(19)23/h4-9,12H,10-11,13-14H2,1-3H3,(H2,24,25,26). The van der Waals surface area contributed by atoms with Gasteiger partial charge in [-0.2, -0.15) is 0 Å². The highest BCUT2D eigenvalue weighted by Gasteiger charge is 2.07. The fourth-order valence-electron chi connectivity index (χ4n) is 2.32. The van der Waals surface area contributed by atoms with Gasteiger partial charge in [0.25, 0.3) is 0 Å². The third-order valence-electron chi connectivity index (χ3n) is 4.03. The number of amides is 1. The maximum absolute atomic E-state index is 13.6. The topological polar surface area (TPSA) is 75.2 Å². The van der Waals surface area contributed by atoms with Crippen molar-refractivity contribution in [3.63, 3.8) is 0 Å². The number of nitrogens with one attached hydrogen (secondary N) is 2. The summed E-state index contributed by atoms with van der Waals surface area (Å²) in [5.41, 5.74) is 0.959. The predicted molar refractivity (Wildman–Crippen MR) is 111 cm³/mol. The molecule has 0 radical (unpaired) electrons. The number of carbonyl (C=O) groups excluding carboxylic acids is 1. The van der Waals surface area contributed by atoms with Gasteiger partial charge in [-0.05, 0) is 29.8 Å². The molecule has 2 aromatic rings. The molecule has 7 nitrogen and oxygen atoms in total. The van der Waals surface area contributed by atoms with Gasteiger partial charge in [0.2, 0.25) is 5.91 Å². The third kappa shape index (κ3) is 7.57. The molecule has 0 fully saturated rings. The predicted octanol–water partition coefficient (Wildman–Crippen LogP) is 2.18. The van der Waals surface area contributed by atoms with E-state index in [9.17, 15) is 13.6 Å². The van der Waals surface area contributed by atoms with E-state index < -0.39 is 11.6 Å².